The van der Waals surface area contributed by atoms with Gasteiger partial charge in [0, 0.05) is 29.6 Å². The molecule has 0 spiro atoms. The fourth-order valence-electron chi connectivity index (χ4n) is 3.72. The van der Waals surface area contributed by atoms with Crippen LogP contribution < -0.4 is 0 Å². The number of allylic oxidation sites excluding steroid dienone is 2. The standard InChI is InChI=1S/C27H22N2O2/c1-19(30)18-24(31)25(26-22(14-8-16-28-26)20-10-4-2-5-11-20)27-23(15-9-17-29-27)21-12-6-3-7-13-21/h2-18,25,31H,1H3. The van der Waals surface area contributed by atoms with Crippen molar-refractivity contribution in [2.75, 3.05) is 0 Å². The molecule has 152 valence electrons. The molecule has 1 N–H and O–H groups in total. The van der Waals surface area contributed by atoms with Gasteiger partial charge in [-0.1, -0.05) is 72.8 Å². The second-order valence-corrected chi connectivity index (χ2v) is 7.22. The molecule has 2 aromatic heterocycles. The van der Waals surface area contributed by atoms with Crippen LogP contribution in [0.5, 0.6) is 0 Å². The molecule has 0 aliphatic carbocycles. The van der Waals surface area contributed by atoms with Gasteiger partial charge in [-0.15, -0.1) is 0 Å². The molecule has 0 fully saturated rings. The highest BCUT2D eigenvalue weighted by molar-refractivity contribution is 5.88. The number of hydrogen-bond acceptors (Lipinski definition) is 4. The summed E-state index contributed by atoms with van der Waals surface area (Å²) in [6, 6.07) is 27.4. The summed E-state index contributed by atoms with van der Waals surface area (Å²) < 4.78 is 0. The van der Waals surface area contributed by atoms with Gasteiger partial charge in [-0.3, -0.25) is 14.8 Å². The maximum Gasteiger partial charge on any atom is 0.155 e. The molecule has 4 aromatic rings. The van der Waals surface area contributed by atoms with E-state index in [0.29, 0.717) is 11.4 Å². The molecule has 0 radical (unpaired) electrons. The Hall–Kier alpha value is -4.05. The first-order valence-electron chi connectivity index (χ1n) is 10.1. The van der Waals surface area contributed by atoms with Crippen LogP contribution in [-0.4, -0.2) is 20.9 Å². The van der Waals surface area contributed by atoms with Gasteiger partial charge in [0.2, 0.25) is 0 Å². The third kappa shape index (κ3) is 4.43. The summed E-state index contributed by atoms with van der Waals surface area (Å²) in [6.45, 7) is 1.42. The first-order chi connectivity index (χ1) is 15.1. The SMILES string of the molecule is CC(=O)C=C(O)C(c1ncccc1-c1ccccc1)c1ncccc1-c1ccccc1. The van der Waals surface area contributed by atoms with Crippen LogP contribution in [0.2, 0.25) is 0 Å². The molecule has 0 bridgehead atoms. The van der Waals surface area contributed by atoms with Crippen LogP contribution in [0.1, 0.15) is 24.2 Å². The number of hydrogen-bond donors (Lipinski definition) is 1. The van der Waals surface area contributed by atoms with Gasteiger partial charge < -0.3 is 5.11 Å². The van der Waals surface area contributed by atoms with E-state index in [1.807, 2.05) is 84.9 Å². The Morgan fingerprint density at radius 2 is 1.19 bits per heavy atom. The van der Waals surface area contributed by atoms with Crippen molar-refractivity contribution in [1.29, 1.82) is 0 Å². The molecule has 0 aliphatic rings. The lowest BCUT2D eigenvalue weighted by Crippen LogP contribution is -2.12. The van der Waals surface area contributed by atoms with E-state index in [4.69, 9.17) is 0 Å². The van der Waals surface area contributed by atoms with Gasteiger partial charge in [0.15, 0.2) is 5.78 Å². The average molecular weight is 406 g/mol. The number of rotatable bonds is 6. The van der Waals surface area contributed by atoms with E-state index < -0.39 is 5.92 Å². The molecule has 4 heteroatoms. The summed E-state index contributed by atoms with van der Waals surface area (Å²) in [4.78, 5) is 21.1. The third-order valence-corrected chi connectivity index (χ3v) is 5.04. The van der Waals surface area contributed by atoms with Crippen LogP contribution >= 0.6 is 0 Å². The highest BCUT2D eigenvalue weighted by atomic mass is 16.3. The third-order valence-electron chi connectivity index (χ3n) is 5.04. The van der Waals surface area contributed by atoms with Crippen LogP contribution in [0.3, 0.4) is 0 Å². The molecule has 2 aromatic carbocycles. The van der Waals surface area contributed by atoms with Crippen molar-refractivity contribution in [2.24, 2.45) is 0 Å². The Kier molecular flexibility index (Phi) is 5.99. The first-order valence-corrected chi connectivity index (χ1v) is 10.1. The van der Waals surface area contributed by atoms with E-state index in [9.17, 15) is 9.90 Å². The maximum absolute atomic E-state index is 11.9. The van der Waals surface area contributed by atoms with Crippen molar-refractivity contribution in [3.8, 4) is 22.3 Å². The van der Waals surface area contributed by atoms with Crippen molar-refractivity contribution in [1.82, 2.24) is 9.97 Å². The molecular formula is C27H22N2O2. The molecule has 0 amide bonds. The highest BCUT2D eigenvalue weighted by Gasteiger charge is 2.28. The van der Waals surface area contributed by atoms with Crippen LogP contribution in [0.15, 0.2) is 109 Å². The van der Waals surface area contributed by atoms with E-state index >= 15 is 0 Å². The predicted molar refractivity (Wildman–Crippen MR) is 123 cm³/mol. The topological polar surface area (TPSA) is 63.1 Å². The number of aromatic nitrogens is 2. The minimum Gasteiger partial charge on any atom is -0.511 e. The largest absolute Gasteiger partial charge is 0.511 e. The Labute approximate surface area is 181 Å². The number of carbonyl (C=O) groups excluding carboxylic acids is 1. The summed E-state index contributed by atoms with van der Waals surface area (Å²) in [5.74, 6) is -1.02. The highest BCUT2D eigenvalue weighted by Crippen LogP contribution is 2.38. The lowest BCUT2D eigenvalue weighted by atomic mass is 9.87. The smallest absolute Gasteiger partial charge is 0.155 e. The molecule has 4 rings (SSSR count). The van der Waals surface area contributed by atoms with Gasteiger partial charge in [-0.05, 0) is 30.2 Å². The monoisotopic (exact) mass is 406 g/mol. The summed E-state index contributed by atoms with van der Waals surface area (Å²) in [5.41, 5.74) is 4.98. The molecule has 0 saturated heterocycles. The second-order valence-electron chi connectivity index (χ2n) is 7.22. The minimum absolute atomic E-state index is 0.0840. The van der Waals surface area contributed by atoms with E-state index in [1.165, 1.54) is 13.0 Å². The zero-order chi connectivity index (χ0) is 21.6. The Morgan fingerprint density at radius 3 is 1.61 bits per heavy atom. The lowest BCUT2D eigenvalue weighted by Gasteiger charge is -2.21. The first kappa shape index (κ1) is 20.2. The van der Waals surface area contributed by atoms with Crippen molar-refractivity contribution in [3.05, 3.63) is 121 Å². The maximum atomic E-state index is 11.9. The molecule has 4 nitrogen and oxygen atoms in total. The fourth-order valence-corrected chi connectivity index (χ4v) is 3.72. The van der Waals surface area contributed by atoms with Gasteiger partial charge >= 0.3 is 0 Å². The second kappa shape index (κ2) is 9.18. The van der Waals surface area contributed by atoms with E-state index in [-0.39, 0.29) is 11.5 Å². The Bertz CT molecular complexity index is 1140. The van der Waals surface area contributed by atoms with Gasteiger partial charge in [0.05, 0.1) is 11.4 Å². The normalized spacial score (nSPS) is 11.5. The Balaban J connectivity index is 1.98. The van der Waals surface area contributed by atoms with E-state index in [1.54, 1.807) is 12.4 Å². The number of nitrogens with zero attached hydrogens (tertiary/aromatic N) is 2. The molecule has 0 unspecified atom stereocenters. The van der Waals surface area contributed by atoms with E-state index in [0.717, 1.165) is 22.3 Å². The van der Waals surface area contributed by atoms with Crippen molar-refractivity contribution < 1.29 is 9.90 Å². The fraction of sp³-hybridized carbons (Fsp3) is 0.0741. The van der Waals surface area contributed by atoms with Crippen molar-refractivity contribution >= 4 is 5.78 Å². The van der Waals surface area contributed by atoms with Gasteiger partial charge in [-0.2, -0.15) is 0 Å². The van der Waals surface area contributed by atoms with Gasteiger partial charge in [-0.25, -0.2) is 0 Å². The number of benzene rings is 2. The summed E-state index contributed by atoms with van der Waals surface area (Å²) in [5, 5.41) is 11.1. The van der Waals surface area contributed by atoms with Crippen LogP contribution in [-0.2, 0) is 4.79 Å². The molecule has 31 heavy (non-hydrogen) atoms. The van der Waals surface area contributed by atoms with Crippen molar-refractivity contribution in [3.63, 3.8) is 0 Å². The molecule has 2 heterocycles. The summed E-state index contributed by atoms with van der Waals surface area (Å²) in [6.07, 6.45) is 4.64. The van der Waals surface area contributed by atoms with Crippen LogP contribution in [0, 0.1) is 0 Å². The minimum atomic E-state index is -0.697. The number of carbonyl (C=O) groups is 1. The lowest BCUT2D eigenvalue weighted by molar-refractivity contribution is -0.112. The summed E-state index contributed by atoms with van der Waals surface area (Å²) >= 11 is 0. The number of pyridine rings is 2. The zero-order valence-corrected chi connectivity index (χ0v) is 17.1. The molecule has 0 aliphatic heterocycles. The van der Waals surface area contributed by atoms with Crippen LogP contribution in [0.25, 0.3) is 22.3 Å². The Morgan fingerprint density at radius 1 is 0.742 bits per heavy atom. The number of aliphatic hydroxyl groups excluding tert-OH is 1. The number of aliphatic hydroxyl groups is 1. The van der Waals surface area contributed by atoms with Gasteiger partial charge in [0.1, 0.15) is 11.7 Å². The van der Waals surface area contributed by atoms with E-state index in [2.05, 4.69) is 9.97 Å². The molecule has 0 atom stereocenters. The summed E-state index contributed by atoms with van der Waals surface area (Å²) in [7, 11) is 0. The average Bonchev–Trinajstić information content (AvgIpc) is 2.81. The quantitative estimate of drug-likeness (QED) is 0.316. The predicted octanol–water partition coefficient (Wildman–Crippen LogP) is 5.97. The molecular weight excluding hydrogens is 384 g/mol. The molecule has 0 saturated carbocycles. The zero-order valence-electron chi connectivity index (χ0n) is 17.1. The van der Waals surface area contributed by atoms with Crippen molar-refractivity contribution in [2.45, 2.75) is 12.8 Å². The van der Waals surface area contributed by atoms with Crippen LogP contribution in [0.4, 0.5) is 0 Å². The number of ketones is 1. The van der Waals surface area contributed by atoms with Gasteiger partial charge in [0.25, 0.3) is 0 Å².